The minimum absolute atomic E-state index is 0.112. The molecule has 0 radical (unpaired) electrons. The van der Waals surface area contributed by atoms with Gasteiger partial charge in [-0.25, -0.2) is 0 Å². The van der Waals surface area contributed by atoms with Crippen LogP contribution in [0.2, 0.25) is 0 Å². The fourth-order valence-electron chi connectivity index (χ4n) is 1.54. The Labute approximate surface area is 102 Å². The minimum Gasteiger partial charge on any atom is -0.492 e. The van der Waals surface area contributed by atoms with E-state index in [9.17, 15) is 0 Å². The lowest BCUT2D eigenvalue weighted by Gasteiger charge is -2.16. The highest BCUT2D eigenvalue weighted by atomic mass is 16.5. The molecule has 4 nitrogen and oxygen atoms in total. The van der Waals surface area contributed by atoms with Crippen LogP contribution in [0, 0.1) is 26.7 Å². The zero-order chi connectivity index (χ0) is 13.0. The molecule has 0 spiro atoms. The molecule has 1 atom stereocenters. The van der Waals surface area contributed by atoms with Crippen molar-refractivity contribution in [1.29, 1.82) is 0 Å². The van der Waals surface area contributed by atoms with Crippen LogP contribution in [-0.4, -0.2) is 17.6 Å². The second-order valence-corrected chi connectivity index (χ2v) is 4.39. The molecule has 4 heteroatoms. The highest BCUT2D eigenvalue weighted by Crippen LogP contribution is 2.26. The number of oxime groups is 1. The van der Waals surface area contributed by atoms with Crippen molar-refractivity contribution < 1.29 is 9.94 Å². The molecule has 0 saturated carbocycles. The van der Waals surface area contributed by atoms with E-state index in [1.807, 2.05) is 26.8 Å². The second kappa shape index (κ2) is 5.57. The van der Waals surface area contributed by atoms with Crippen LogP contribution in [0.1, 0.15) is 23.6 Å². The van der Waals surface area contributed by atoms with Crippen LogP contribution in [0.15, 0.2) is 17.3 Å². The van der Waals surface area contributed by atoms with Gasteiger partial charge in [0.2, 0.25) is 0 Å². The molecule has 1 aromatic carbocycles. The van der Waals surface area contributed by atoms with Crippen LogP contribution in [0.3, 0.4) is 0 Å². The van der Waals surface area contributed by atoms with E-state index in [0.29, 0.717) is 6.61 Å². The van der Waals surface area contributed by atoms with Gasteiger partial charge in [-0.05, 0) is 37.5 Å². The highest BCUT2D eigenvalue weighted by molar-refractivity contribution is 5.81. The molecule has 0 saturated heterocycles. The third kappa shape index (κ3) is 3.12. The van der Waals surface area contributed by atoms with Crippen molar-refractivity contribution in [3.63, 3.8) is 0 Å². The Kier molecular flexibility index (Phi) is 4.37. The van der Waals surface area contributed by atoms with E-state index in [-0.39, 0.29) is 11.8 Å². The van der Waals surface area contributed by atoms with Crippen LogP contribution in [0.25, 0.3) is 0 Å². The van der Waals surface area contributed by atoms with Gasteiger partial charge in [-0.2, -0.15) is 0 Å². The largest absolute Gasteiger partial charge is 0.492 e. The number of nitrogens with zero attached hydrogens (tertiary/aromatic N) is 1. The maximum absolute atomic E-state index is 8.56. The fourth-order valence-corrected chi connectivity index (χ4v) is 1.54. The molecule has 0 amide bonds. The predicted molar refractivity (Wildman–Crippen MR) is 68.7 cm³/mol. The van der Waals surface area contributed by atoms with Crippen molar-refractivity contribution in [2.24, 2.45) is 16.8 Å². The van der Waals surface area contributed by atoms with E-state index in [4.69, 9.17) is 15.7 Å². The van der Waals surface area contributed by atoms with Crippen LogP contribution in [0.5, 0.6) is 5.75 Å². The predicted octanol–water partition coefficient (Wildman–Crippen LogP) is 2.37. The van der Waals surface area contributed by atoms with E-state index in [0.717, 1.165) is 16.9 Å². The maximum Gasteiger partial charge on any atom is 0.145 e. The Balaban J connectivity index is 2.79. The maximum atomic E-state index is 8.56. The Bertz CT molecular complexity index is 428. The zero-order valence-electron chi connectivity index (χ0n) is 10.8. The summed E-state index contributed by atoms with van der Waals surface area (Å²) in [5.41, 5.74) is 8.94. The number of nitrogens with two attached hydrogens (primary N) is 1. The molecule has 0 aliphatic carbocycles. The van der Waals surface area contributed by atoms with Crippen LogP contribution >= 0.6 is 0 Å². The summed E-state index contributed by atoms with van der Waals surface area (Å²) >= 11 is 0. The van der Waals surface area contributed by atoms with Crippen LogP contribution < -0.4 is 10.5 Å². The average Bonchev–Trinajstić information content (AvgIpc) is 2.32. The molecular weight excluding hydrogens is 216 g/mol. The Hall–Kier alpha value is -1.71. The average molecular weight is 236 g/mol. The first-order valence-electron chi connectivity index (χ1n) is 5.64. The van der Waals surface area contributed by atoms with E-state index in [1.165, 1.54) is 5.56 Å². The molecule has 0 aliphatic heterocycles. The molecule has 0 bridgehead atoms. The van der Waals surface area contributed by atoms with Crippen molar-refractivity contribution in [2.75, 3.05) is 6.61 Å². The summed E-state index contributed by atoms with van der Waals surface area (Å²) in [6.07, 6.45) is 0. The quantitative estimate of drug-likeness (QED) is 0.365. The summed E-state index contributed by atoms with van der Waals surface area (Å²) in [5, 5.41) is 11.5. The SMILES string of the molecule is Cc1ccc(C)c(OCC(C)/C(N)=N/O)c1C. The zero-order valence-corrected chi connectivity index (χ0v) is 10.8. The number of rotatable bonds is 4. The summed E-state index contributed by atoms with van der Waals surface area (Å²) in [6.45, 7) is 8.35. The molecule has 94 valence electrons. The standard InChI is InChI=1S/C13H20N2O2/c1-8-5-6-9(2)12(11(8)4)17-7-10(3)13(14)15-16/h5-6,10,16H,7H2,1-4H3,(H2,14,15). The fraction of sp³-hybridized carbons (Fsp3) is 0.462. The van der Waals surface area contributed by atoms with Crippen molar-refractivity contribution in [3.8, 4) is 5.75 Å². The van der Waals surface area contributed by atoms with Crippen molar-refractivity contribution in [2.45, 2.75) is 27.7 Å². The van der Waals surface area contributed by atoms with Crippen LogP contribution in [-0.2, 0) is 0 Å². The molecule has 1 aromatic rings. The summed E-state index contributed by atoms with van der Waals surface area (Å²) in [5.74, 6) is 0.967. The summed E-state index contributed by atoms with van der Waals surface area (Å²) in [4.78, 5) is 0. The van der Waals surface area contributed by atoms with Gasteiger partial charge in [0.05, 0.1) is 12.5 Å². The van der Waals surface area contributed by atoms with Gasteiger partial charge in [0, 0.05) is 0 Å². The van der Waals surface area contributed by atoms with Gasteiger partial charge in [0.25, 0.3) is 0 Å². The summed E-state index contributed by atoms with van der Waals surface area (Å²) in [6, 6.07) is 4.11. The summed E-state index contributed by atoms with van der Waals surface area (Å²) in [7, 11) is 0. The Morgan fingerprint density at radius 3 is 2.53 bits per heavy atom. The van der Waals surface area contributed by atoms with Gasteiger partial charge in [-0.3, -0.25) is 0 Å². The second-order valence-electron chi connectivity index (χ2n) is 4.39. The van der Waals surface area contributed by atoms with Gasteiger partial charge < -0.3 is 15.7 Å². The normalized spacial score (nSPS) is 13.5. The smallest absolute Gasteiger partial charge is 0.145 e. The molecule has 0 fully saturated rings. The van der Waals surface area contributed by atoms with Crippen molar-refractivity contribution in [3.05, 3.63) is 28.8 Å². The molecular formula is C13H20N2O2. The lowest BCUT2D eigenvalue weighted by Crippen LogP contribution is -2.26. The van der Waals surface area contributed by atoms with E-state index in [2.05, 4.69) is 18.1 Å². The van der Waals surface area contributed by atoms with Crippen molar-refractivity contribution >= 4 is 5.84 Å². The first kappa shape index (κ1) is 13.4. The first-order valence-corrected chi connectivity index (χ1v) is 5.64. The lowest BCUT2D eigenvalue weighted by molar-refractivity contribution is 0.276. The third-order valence-corrected chi connectivity index (χ3v) is 2.97. The highest BCUT2D eigenvalue weighted by Gasteiger charge is 2.11. The number of amidine groups is 1. The molecule has 0 heterocycles. The van der Waals surface area contributed by atoms with Gasteiger partial charge >= 0.3 is 0 Å². The number of hydrogen-bond donors (Lipinski definition) is 2. The topological polar surface area (TPSA) is 67.8 Å². The van der Waals surface area contributed by atoms with E-state index in [1.54, 1.807) is 0 Å². The molecule has 17 heavy (non-hydrogen) atoms. The Morgan fingerprint density at radius 2 is 1.94 bits per heavy atom. The first-order chi connectivity index (χ1) is 7.97. The number of benzene rings is 1. The summed E-state index contributed by atoms with van der Waals surface area (Å²) < 4.78 is 5.76. The van der Waals surface area contributed by atoms with Gasteiger partial charge in [-0.15, -0.1) is 0 Å². The van der Waals surface area contributed by atoms with Gasteiger partial charge in [-0.1, -0.05) is 24.2 Å². The molecule has 3 N–H and O–H groups in total. The van der Waals surface area contributed by atoms with E-state index < -0.39 is 0 Å². The lowest BCUT2D eigenvalue weighted by atomic mass is 10.1. The number of aryl methyl sites for hydroxylation is 2. The Morgan fingerprint density at radius 1 is 1.35 bits per heavy atom. The van der Waals surface area contributed by atoms with E-state index >= 15 is 0 Å². The number of ether oxygens (including phenoxy) is 1. The molecule has 1 rings (SSSR count). The van der Waals surface area contributed by atoms with Gasteiger partial charge in [0.1, 0.15) is 11.6 Å². The molecule has 1 unspecified atom stereocenters. The van der Waals surface area contributed by atoms with Crippen molar-refractivity contribution in [1.82, 2.24) is 0 Å². The monoisotopic (exact) mass is 236 g/mol. The van der Waals surface area contributed by atoms with Gasteiger partial charge in [0.15, 0.2) is 0 Å². The molecule has 0 aromatic heterocycles. The molecule has 0 aliphatic rings. The third-order valence-electron chi connectivity index (χ3n) is 2.97. The number of hydrogen-bond acceptors (Lipinski definition) is 3. The minimum atomic E-state index is -0.112. The van der Waals surface area contributed by atoms with Crippen LogP contribution in [0.4, 0.5) is 0 Å².